The predicted molar refractivity (Wildman–Crippen MR) is 214 cm³/mol. The Balaban J connectivity index is -0.000000751. The van der Waals surface area contributed by atoms with Crippen molar-refractivity contribution in [3.8, 4) is 23.0 Å². The minimum atomic E-state index is -4.42. The minimum Gasteiger partial charge on any atom is -0.491 e. The molecule has 0 radical (unpaired) electrons. The van der Waals surface area contributed by atoms with E-state index in [2.05, 4.69) is 6.58 Å². The number of hydrogen-bond donors (Lipinski definition) is 2. The number of carbonyl (C=O) groups is 1. The molecule has 0 saturated heterocycles. The van der Waals surface area contributed by atoms with E-state index in [0.29, 0.717) is 6.29 Å². The average molecular weight is 925 g/mol. The Bertz CT molecular complexity index is 1710. The molecule has 0 spiro atoms. The number of alkyl halides is 12. The summed E-state index contributed by atoms with van der Waals surface area (Å²) in [4.78, 5) is 9.91. The van der Waals surface area contributed by atoms with E-state index in [-0.39, 0.29) is 77.8 Å². The summed E-state index contributed by atoms with van der Waals surface area (Å²) < 4.78 is 172. The van der Waals surface area contributed by atoms with Crippen molar-refractivity contribution in [1.82, 2.24) is 0 Å². The van der Waals surface area contributed by atoms with Crippen LogP contribution in [0.5, 0.6) is 23.0 Å². The zero-order chi connectivity index (χ0) is 45.6. The van der Waals surface area contributed by atoms with E-state index in [1.54, 1.807) is 6.92 Å². The van der Waals surface area contributed by atoms with E-state index in [4.69, 9.17) is 33.9 Å². The molecule has 0 aliphatic carbocycles. The molecular formula is C43H52F12O8. The second-order valence-corrected chi connectivity index (χ2v) is 11.7. The number of aldehydes is 1. The monoisotopic (exact) mass is 924 g/mol. The Kier molecular flexibility index (Phi) is 29.2. The molecule has 2 unspecified atom stereocenters. The molecule has 0 fully saturated rings. The lowest BCUT2D eigenvalue weighted by Crippen LogP contribution is -2.21. The largest absolute Gasteiger partial charge is 0.491 e. The number of aliphatic hydroxyl groups excluding tert-OH is 2. The zero-order valence-corrected chi connectivity index (χ0v) is 31.7. The fourth-order valence-corrected chi connectivity index (χ4v) is 3.86. The molecule has 4 rings (SSSR count). The van der Waals surface area contributed by atoms with Gasteiger partial charge in [0.2, 0.25) is 0 Å². The highest BCUT2D eigenvalue weighted by molar-refractivity contribution is 5.51. The molecule has 8 nitrogen and oxygen atoms in total. The summed E-state index contributed by atoms with van der Waals surface area (Å²) in [7, 11) is 1.51. The maximum absolute atomic E-state index is 12.4. The van der Waals surface area contributed by atoms with E-state index in [1.807, 2.05) is 0 Å². The highest BCUT2D eigenvalue weighted by Crippen LogP contribution is 2.34. The van der Waals surface area contributed by atoms with Crippen molar-refractivity contribution in [3.63, 3.8) is 0 Å². The number of benzene rings is 4. The maximum atomic E-state index is 12.4. The maximum Gasteiger partial charge on any atom is 0.416 e. The van der Waals surface area contributed by atoms with E-state index < -0.39 is 59.7 Å². The number of rotatable bonds is 14. The first-order chi connectivity index (χ1) is 27.9. The lowest BCUT2D eigenvalue weighted by molar-refractivity contribution is -0.138. The molecular weight excluding hydrogens is 872 g/mol. The van der Waals surface area contributed by atoms with E-state index in [1.165, 1.54) is 61.7 Å². The van der Waals surface area contributed by atoms with Crippen LogP contribution in [0.15, 0.2) is 110 Å². The predicted octanol–water partition coefficient (Wildman–Crippen LogP) is 12.0. The second kappa shape index (κ2) is 29.8. The summed E-state index contributed by atoms with van der Waals surface area (Å²) in [6.07, 6.45) is -16.8. The Morgan fingerprint density at radius 3 is 1.13 bits per heavy atom. The van der Waals surface area contributed by atoms with Gasteiger partial charge in [-0.05, 0) is 79.7 Å². The lowest BCUT2D eigenvalue weighted by Gasteiger charge is -2.13. The number of methoxy groups -OCH3 is 1. The SMILES string of the molecule is C.C.C.C=CCOc1cccc(C(F)(F)F)c1.COC(C)COc1cccc(C(F)(F)F)c1.O=CCOc1cccc(C(F)(F)F)c1.OCC(O)COc1cccc(C(F)(F)F)c1. The molecule has 0 aliphatic heterocycles. The lowest BCUT2D eigenvalue weighted by atomic mass is 10.2. The Labute approximate surface area is 358 Å². The zero-order valence-electron chi connectivity index (χ0n) is 31.7. The normalized spacial score (nSPS) is 11.8. The smallest absolute Gasteiger partial charge is 0.416 e. The third kappa shape index (κ3) is 25.9. The molecule has 20 heteroatoms. The minimum absolute atomic E-state index is 0. The standard InChI is InChI=1S/C11H13F3O2.C10H11F3O3.C10H9F3O.C9H7F3O2.3CH4/c1-8(15-2)7-16-10-5-3-4-9(6-10)11(12,13)14;11-10(12,13)7-2-1-3-9(4-7)16-6-8(15)5-14;1-2-6-14-9-5-3-4-8(7-9)10(11,12)13;10-9(11,12)7-2-1-3-8(6-7)14-5-4-13;;;/h3-6,8H,7H2,1-2H3;1-4,8,14-15H,5-6H2;2-5,7H,1,6H2;1-4,6H,5H2;3*1H4. The first-order valence-corrected chi connectivity index (χ1v) is 17.0. The summed E-state index contributed by atoms with van der Waals surface area (Å²) in [5.41, 5.74) is -3.03. The highest BCUT2D eigenvalue weighted by Gasteiger charge is 2.33. The summed E-state index contributed by atoms with van der Waals surface area (Å²) in [5.74, 6) is 0.424. The molecule has 2 N–H and O–H groups in total. The highest BCUT2D eigenvalue weighted by atomic mass is 19.4. The average Bonchev–Trinajstić information content (AvgIpc) is 3.20. The summed E-state index contributed by atoms with van der Waals surface area (Å²) in [5, 5.41) is 17.4. The van der Waals surface area contributed by atoms with Crippen LogP contribution in [-0.4, -0.2) is 68.9 Å². The van der Waals surface area contributed by atoms with Gasteiger partial charge in [0.05, 0.1) is 35.0 Å². The topological polar surface area (TPSA) is 104 Å². The van der Waals surface area contributed by atoms with E-state index in [9.17, 15) is 57.5 Å². The van der Waals surface area contributed by atoms with Crippen LogP contribution in [0.25, 0.3) is 0 Å². The van der Waals surface area contributed by atoms with Crippen LogP contribution in [0.4, 0.5) is 52.7 Å². The second-order valence-electron chi connectivity index (χ2n) is 11.7. The molecule has 356 valence electrons. The summed E-state index contributed by atoms with van der Waals surface area (Å²) >= 11 is 0. The van der Waals surface area contributed by atoms with Gasteiger partial charge in [0.1, 0.15) is 55.5 Å². The van der Waals surface area contributed by atoms with Crippen molar-refractivity contribution >= 4 is 6.29 Å². The van der Waals surface area contributed by atoms with Gasteiger partial charge >= 0.3 is 24.7 Å². The van der Waals surface area contributed by atoms with Crippen molar-refractivity contribution in [2.45, 2.75) is 66.1 Å². The van der Waals surface area contributed by atoms with Crippen LogP contribution in [-0.2, 0) is 34.2 Å². The van der Waals surface area contributed by atoms with Crippen LogP contribution >= 0.6 is 0 Å². The van der Waals surface area contributed by atoms with Crippen molar-refractivity contribution in [1.29, 1.82) is 0 Å². The molecule has 0 bridgehead atoms. The molecule has 0 aliphatic rings. The fraction of sp³-hybridized carbons (Fsp3) is 0.372. The van der Waals surface area contributed by atoms with Crippen LogP contribution in [0.2, 0.25) is 0 Å². The van der Waals surface area contributed by atoms with Crippen molar-refractivity contribution in [3.05, 3.63) is 132 Å². The van der Waals surface area contributed by atoms with E-state index >= 15 is 0 Å². The molecule has 4 aromatic rings. The Morgan fingerprint density at radius 2 is 0.857 bits per heavy atom. The summed E-state index contributed by atoms with van der Waals surface area (Å²) in [6, 6.07) is 18.2. The van der Waals surface area contributed by atoms with Gasteiger partial charge in [-0.25, -0.2) is 0 Å². The van der Waals surface area contributed by atoms with Gasteiger partial charge < -0.3 is 33.9 Å². The molecule has 63 heavy (non-hydrogen) atoms. The molecule has 4 aromatic carbocycles. The molecule has 0 saturated carbocycles. The van der Waals surface area contributed by atoms with Gasteiger partial charge in [0, 0.05) is 7.11 Å². The Morgan fingerprint density at radius 1 is 0.556 bits per heavy atom. The number of hydrogen-bond acceptors (Lipinski definition) is 8. The molecule has 2 atom stereocenters. The van der Waals surface area contributed by atoms with Crippen LogP contribution in [0, 0.1) is 0 Å². The van der Waals surface area contributed by atoms with Gasteiger partial charge in [-0.2, -0.15) is 52.7 Å². The first-order valence-electron chi connectivity index (χ1n) is 17.0. The van der Waals surface area contributed by atoms with Gasteiger partial charge in [-0.1, -0.05) is 59.2 Å². The van der Waals surface area contributed by atoms with Crippen LogP contribution in [0.1, 0.15) is 51.5 Å². The number of carbonyl (C=O) groups excluding carboxylic acids is 1. The quantitative estimate of drug-likeness (QED) is 0.0732. The third-order valence-corrected chi connectivity index (χ3v) is 6.87. The van der Waals surface area contributed by atoms with Crippen molar-refractivity contribution < 1.29 is 91.4 Å². The Hall–Kier alpha value is -5.47. The molecule has 0 amide bonds. The number of ether oxygens (including phenoxy) is 5. The van der Waals surface area contributed by atoms with Gasteiger partial charge in [0.15, 0.2) is 6.29 Å². The number of aliphatic hydroxyl groups is 2. The van der Waals surface area contributed by atoms with Crippen LogP contribution < -0.4 is 18.9 Å². The van der Waals surface area contributed by atoms with E-state index in [0.717, 1.165) is 48.5 Å². The first kappa shape index (κ1) is 61.8. The van der Waals surface area contributed by atoms with Gasteiger partial charge in [0.25, 0.3) is 0 Å². The third-order valence-electron chi connectivity index (χ3n) is 6.87. The van der Waals surface area contributed by atoms with Gasteiger partial charge in [-0.15, -0.1) is 0 Å². The molecule has 0 heterocycles. The molecule has 0 aromatic heterocycles. The van der Waals surface area contributed by atoms with Gasteiger partial charge in [-0.3, -0.25) is 4.79 Å². The van der Waals surface area contributed by atoms with Crippen molar-refractivity contribution in [2.24, 2.45) is 0 Å². The fourth-order valence-electron chi connectivity index (χ4n) is 3.86. The summed E-state index contributed by atoms with van der Waals surface area (Å²) in [6.45, 7) is 4.59. The number of halogens is 12. The van der Waals surface area contributed by atoms with Crippen LogP contribution in [0.3, 0.4) is 0 Å². The van der Waals surface area contributed by atoms with Crippen molar-refractivity contribution in [2.75, 3.05) is 40.1 Å².